The van der Waals surface area contributed by atoms with Gasteiger partial charge in [0.1, 0.15) is 5.82 Å². The molecule has 0 spiro atoms. The number of dihydropyridines is 1. The van der Waals surface area contributed by atoms with Crippen LogP contribution in [0.1, 0.15) is 24.4 Å². The van der Waals surface area contributed by atoms with Gasteiger partial charge in [-0.3, -0.25) is 19.5 Å². The first kappa shape index (κ1) is 26.6. The van der Waals surface area contributed by atoms with Crippen LogP contribution in [0.15, 0.2) is 139 Å². The number of nitrogens with zero attached hydrogens (tertiary/aromatic N) is 5. The monoisotopic (exact) mass is 582 g/mol. The molecule has 8 rings (SSSR count). The fraction of sp³-hybridized carbons (Fsp3) is 0.0513. The van der Waals surface area contributed by atoms with E-state index in [1.807, 2.05) is 31.5 Å². The Morgan fingerprint density at radius 3 is 2.44 bits per heavy atom. The topological polar surface area (TPSA) is 60.0 Å². The highest BCUT2D eigenvalue weighted by atomic mass is 15.2. The highest BCUT2D eigenvalue weighted by Gasteiger charge is 2.21. The SMILES string of the molecule is C=Nc1c(/C=C\C)n(C2=CC=CC(c3cccc(-c4cccc(-n5c6ccccc6c6ccncc65)c4)n3)N2)c2ccccc12. The molecule has 45 heavy (non-hydrogen) atoms. The summed E-state index contributed by atoms with van der Waals surface area (Å²) in [6.07, 6.45) is 14.2. The molecule has 5 heterocycles. The number of fused-ring (bicyclic) bond motifs is 4. The molecule has 6 heteroatoms. The van der Waals surface area contributed by atoms with Gasteiger partial charge in [-0.05, 0) is 68.3 Å². The van der Waals surface area contributed by atoms with E-state index in [0.717, 1.165) is 61.8 Å². The summed E-state index contributed by atoms with van der Waals surface area (Å²) < 4.78 is 4.49. The van der Waals surface area contributed by atoms with Gasteiger partial charge in [0.05, 0.1) is 51.6 Å². The van der Waals surface area contributed by atoms with E-state index in [9.17, 15) is 0 Å². The van der Waals surface area contributed by atoms with Crippen molar-refractivity contribution >= 4 is 57.0 Å². The highest BCUT2D eigenvalue weighted by Crippen LogP contribution is 2.37. The molecule has 1 aliphatic heterocycles. The quantitative estimate of drug-likeness (QED) is 0.199. The van der Waals surface area contributed by atoms with Gasteiger partial charge in [-0.15, -0.1) is 0 Å². The van der Waals surface area contributed by atoms with Gasteiger partial charge in [0, 0.05) is 33.6 Å². The summed E-state index contributed by atoms with van der Waals surface area (Å²) in [6, 6.07) is 33.6. The molecule has 216 valence electrons. The molecule has 1 aliphatic rings. The maximum absolute atomic E-state index is 5.17. The van der Waals surface area contributed by atoms with Gasteiger partial charge in [-0.25, -0.2) is 0 Å². The van der Waals surface area contributed by atoms with E-state index in [2.05, 4.69) is 146 Å². The van der Waals surface area contributed by atoms with E-state index in [1.54, 1.807) is 0 Å². The second-order valence-electron chi connectivity index (χ2n) is 11.0. The Morgan fingerprint density at radius 1 is 0.822 bits per heavy atom. The van der Waals surface area contributed by atoms with Gasteiger partial charge < -0.3 is 9.88 Å². The Labute approximate surface area is 261 Å². The zero-order valence-corrected chi connectivity index (χ0v) is 24.8. The Hall–Kier alpha value is -6.01. The van der Waals surface area contributed by atoms with Gasteiger partial charge in [0.25, 0.3) is 0 Å². The largest absolute Gasteiger partial charge is 0.359 e. The smallest absolute Gasteiger partial charge is 0.111 e. The Kier molecular flexibility index (Phi) is 6.46. The van der Waals surface area contributed by atoms with Crippen molar-refractivity contribution in [3.8, 4) is 16.9 Å². The predicted molar refractivity (Wildman–Crippen MR) is 187 cm³/mol. The van der Waals surface area contributed by atoms with Crippen LogP contribution in [0.3, 0.4) is 0 Å². The Morgan fingerprint density at radius 2 is 1.60 bits per heavy atom. The summed E-state index contributed by atoms with van der Waals surface area (Å²) in [5.74, 6) is 0.955. The van der Waals surface area contributed by atoms with Crippen molar-refractivity contribution in [3.63, 3.8) is 0 Å². The van der Waals surface area contributed by atoms with Crippen LogP contribution < -0.4 is 5.32 Å². The molecule has 0 radical (unpaired) electrons. The number of nitrogens with one attached hydrogen (secondary N) is 1. The van der Waals surface area contributed by atoms with E-state index >= 15 is 0 Å². The average Bonchev–Trinajstić information content (AvgIpc) is 3.61. The van der Waals surface area contributed by atoms with Crippen LogP contribution in [-0.4, -0.2) is 25.8 Å². The van der Waals surface area contributed by atoms with Crippen molar-refractivity contribution < 1.29 is 0 Å². The third-order valence-corrected chi connectivity index (χ3v) is 8.43. The van der Waals surface area contributed by atoms with E-state index in [-0.39, 0.29) is 6.04 Å². The van der Waals surface area contributed by atoms with Crippen LogP contribution in [0.4, 0.5) is 5.69 Å². The molecular weight excluding hydrogens is 552 g/mol. The first-order valence-corrected chi connectivity index (χ1v) is 15.0. The number of pyridine rings is 2. The number of rotatable bonds is 6. The lowest BCUT2D eigenvalue weighted by Gasteiger charge is -2.24. The van der Waals surface area contributed by atoms with Crippen LogP contribution in [0.5, 0.6) is 0 Å². The fourth-order valence-corrected chi connectivity index (χ4v) is 6.49. The van der Waals surface area contributed by atoms with Gasteiger partial charge >= 0.3 is 0 Å². The number of para-hydroxylation sites is 2. The minimum absolute atomic E-state index is 0.115. The summed E-state index contributed by atoms with van der Waals surface area (Å²) in [7, 11) is 0. The number of aromatic nitrogens is 4. The molecule has 0 saturated carbocycles. The first-order valence-electron chi connectivity index (χ1n) is 15.0. The van der Waals surface area contributed by atoms with Gasteiger partial charge in [0.2, 0.25) is 0 Å². The summed E-state index contributed by atoms with van der Waals surface area (Å²) in [4.78, 5) is 14.0. The predicted octanol–water partition coefficient (Wildman–Crippen LogP) is 9.26. The minimum atomic E-state index is -0.115. The van der Waals surface area contributed by atoms with Crippen LogP contribution >= 0.6 is 0 Å². The van der Waals surface area contributed by atoms with E-state index in [4.69, 9.17) is 4.98 Å². The molecule has 0 aliphatic carbocycles. The normalized spacial score (nSPS) is 14.8. The molecule has 0 fully saturated rings. The van der Waals surface area contributed by atoms with Crippen molar-refractivity contribution in [1.82, 2.24) is 24.4 Å². The van der Waals surface area contributed by atoms with Crippen molar-refractivity contribution in [2.75, 3.05) is 0 Å². The zero-order chi connectivity index (χ0) is 30.3. The maximum Gasteiger partial charge on any atom is 0.111 e. The molecule has 0 bridgehead atoms. The Bertz CT molecular complexity index is 2300. The molecule has 3 aromatic carbocycles. The maximum atomic E-state index is 5.17. The third kappa shape index (κ3) is 4.38. The van der Waals surface area contributed by atoms with Crippen molar-refractivity contribution in [2.45, 2.75) is 13.0 Å². The number of aliphatic imine (C=N–C) groups is 1. The summed E-state index contributed by atoms with van der Waals surface area (Å²) in [5, 5.41) is 7.20. The lowest BCUT2D eigenvalue weighted by atomic mass is 10.1. The summed E-state index contributed by atoms with van der Waals surface area (Å²) in [6.45, 7) is 5.89. The highest BCUT2D eigenvalue weighted by molar-refractivity contribution is 6.09. The molecule has 4 aromatic heterocycles. The molecule has 0 amide bonds. The molecule has 6 nitrogen and oxygen atoms in total. The summed E-state index contributed by atoms with van der Waals surface area (Å²) in [5.41, 5.74) is 9.13. The zero-order valence-electron chi connectivity index (χ0n) is 24.8. The minimum Gasteiger partial charge on any atom is -0.359 e. The van der Waals surface area contributed by atoms with E-state index in [0.29, 0.717) is 0 Å². The standard InChI is InChI=1S/C39H30N6/c1-3-11-36-39(40-2)30-15-5-7-20-35(30)45(36)38-21-10-18-33(43-38)32-17-9-16-31(42-32)26-12-8-13-27(24-26)44-34-19-6-4-14-28(34)29-22-23-41-25-37(29)44/h3-25,33,43H,2H2,1H3/b11-3-. The van der Waals surface area contributed by atoms with Crippen LogP contribution in [0, 0.1) is 0 Å². The average molecular weight is 583 g/mol. The van der Waals surface area contributed by atoms with Crippen LogP contribution in [0.25, 0.3) is 61.6 Å². The molecule has 7 aromatic rings. The summed E-state index contributed by atoms with van der Waals surface area (Å²) >= 11 is 0. The Balaban J connectivity index is 1.16. The van der Waals surface area contributed by atoms with Gasteiger partial charge in [0.15, 0.2) is 0 Å². The molecule has 1 atom stereocenters. The second-order valence-corrected chi connectivity index (χ2v) is 11.0. The number of hydrogen-bond acceptors (Lipinski definition) is 4. The van der Waals surface area contributed by atoms with Crippen molar-refractivity contribution in [3.05, 3.63) is 145 Å². The molecule has 0 saturated heterocycles. The van der Waals surface area contributed by atoms with Crippen LogP contribution in [0.2, 0.25) is 0 Å². The lowest BCUT2D eigenvalue weighted by molar-refractivity contribution is 0.710. The third-order valence-electron chi connectivity index (χ3n) is 8.43. The fourth-order valence-electron chi connectivity index (χ4n) is 6.49. The van der Waals surface area contributed by atoms with E-state index < -0.39 is 0 Å². The second kappa shape index (κ2) is 10.9. The molecule has 1 N–H and O–H groups in total. The number of benzene rings is 3. The number of hydrogen-bond donors (Lipinski definition) is 1. The first-order chi connectivity index (χ1) is 22.2. The van der Waals surface area contributed by atoms with Gasteiger partial charge in [-0.1, -0.05) is 72.8 Å². The van der Waals surface area contributed by atoms with Crippen molar-refractivity contribution in [1.29, 1.82) is 0 Å². The molecular formula is C39H30N6. The van der Waals surface area contributed by atoms with Crippen LogP contribution in [-0.2, 0) is 0 Å². The molecule has 1 unspecified atom stereocenters. The van der Waals surface area contributed by atoms with Crippen molar-refractivity contribution in [2.24, 2.45) is 4.99 Å². The van der Waals surface area contributed by atoms with E-state index in [1.165, 1.54) is 10.8 Å². The van der Waals surface area contributed by atoms with Gasteiger partial charge in [-0.2, -0.15) is 0 Å². The lowest BCUT2D eigenvalue weighted by Crippen LogP contribution is -2.25. The number of allylic oxidation sites excluding steroid dienone is 3.